The lowest BCUT2D eigenvalue weighted by molar-refractivity contribution is 0.0967. The highest BCUT2D eigenvalue weighted by atomic mass is 16.5. The molecule has 3 nitrogen and oxygen atoms in total. The Morgan fingerprint density at radius 3 is 3.07 bits per heavy atom. The Bertz CT molecular complexity index is 339. The van der Waals surface area contributed by atoms with Gasteiger partial charge in [-0.2, -0.15) is 0 Å². The summed E-state index contributed by atoms with van der Waals surface area (Å²) in [6.45, 7) is 4.26. The molecule has 0 amide bonds. The van der Waals surface area contributed by atoms with E-state index < -0.39 is 0 Å². The van der Waals surface area contributed by atoms with E-state index in [9.17, 15) is 4.79 Å². The molecule has 15 heavy (non-hydrogen) atoms. The molecule has 0 aromatic carbocycles. The summed E-state index contributed by atoms with van der Waals surface area (Å²) in [5, 5.41) is 0. The standard InChI is InChI=1S/C12H17NO2/c1-2-15-8-7-13-6-5-11(9-13)12(14)10-3-4-10/h5-6,9-10H,2-4,7-8H2,1H3. The van der Waals surface area contributed by atoms with Gasteiger partial charge >= 0.3 is 0 Å². The maximum absolute atomic E-state index is 11.7. The van der Waals surface area contributed by atoms with E-state index in [4.69, 9.17) is 4.74 Å². The van der Waals surface area contributed by atoms with Gasteiger partial charge in [-0.05, 0) is 25.8 Å². The van der Waals surface area contributed by atoms with Crippen molar-refractivity contribution in [1.82, 2.24) is 4.57 Å². The lowest BCUT2D eigenvalue weighted by Crippen LogP contribution is -2.04. The lowest BCUT2D eigenvalue weighted by Gasteiger charge is -2.02. The number of carbonyl (C=O) groups excluding carboxylic acids is 1. The highest BCUT2D eigenvalue weighted by molar-refractivity contribution is 5.99. The number of ketones is 1. The topological polar surface area (TPSA) is 31.2 Å². The number of nitrogens with zero attached hydrogens (tertiary/aromatic N) is 1. The molecule has 82 valence electrons. The van der Waals surface area contributed by atoms with Crippen LogP contribution in [0.5, 0.6) is 0 Å². The molecular formula is C12H17NO2. The second kappa shape index (κ2) is 4.62. The van der Waals surface area contributed by atoms with Gasteiger partial charge in [0.05, 0.1) is 6.61 Å². The molecule has 1 aliphatic carbocycles. The van der Waals surface area contributed by atoms with Gasteiger partial charge < -0.3 is 9.30 Å². The van der Waals surface area contributed by atoms with Gasteiger partial charge in [-0.25, -0.2) is 0 Å². The van der Waals surface area contributed by atoms with E-state index in [0.717, 1.165) is 31.6 Å². The summed E-state index contributed by atoms with van der Waals surface area (Å²) in [6.07, 6.45) is 6.03. The van der Waals surface area contributed by atoms with E-state index in [2.05, 4.69) is 0 Å². The van der Waals surface area contributed by atoms with Crippen LogP contribution < -0.4 is 0 Å². The zero-order valence-corrected chi connectivity index (χ0v) is 9.11. The van der Waals surface area contributed by atoms with Gasteiger partial charge in [0.2, 0.25) is 0 Å². The van der Waals surface area contributed by atoms with Crippen molar-refractivity contribution < 1.29 is 9.53 Å². The number of ether oxygens (including phenoxy) is 1. The normalized spacial score (nSPS) is 15.5. The lowest BCUT2D eigenvalue weighted by atomic mass is 10.1. The summed E-state index contributed by atoms with van der Waals surface area (Å²) >= 11 is 0. The van der Waals surface area contributed by atoms with Crippen LogP contribution in [-0.2, 0) is 11.3 Å². The molecule has 2 rings (SSSR count). The molecular weight excluding hydrogens is 190 g/mol. The van der Waals surface area contributed by atoms with Crippen LogP contribution in [0.15, 0.2) is 18.5 Å². The quantitative estimate of drug-likeness (QED) is 0.528. The van der Waals surface area contributed by atoms with Gasteiger partial charge in [-0.15, -0.1) is 0 Å². The molecule has 1 aromatic rings. The number of hydrogen-bond donors (Lipinski definition) is 0. The Labute approximate surface area is 90.0 Å². The van der Waals surface area contributed by atoms with Crippen LogP contribution in [0, 0.1) is 5.92 Å². The van der Waals surface area contributed by atoms with E-state index in [1.807, 2.05) is 30.0 Å². The summed E-state index contributed by atoms with van der Waals surface area (Å²) in [5.41, 5.74) is 0.856. The van der Waals surface area contributed by atoms with Crippen LogP contribution in [0.4, 0.5) is 0 Å². The summed E-state index contributed by atoms with van der Waals surface area (Å²) in [7, 11) is 0. The summed E-state index contributed by atoms with van der Waals surface area (Å²) < 4.78 is 7.28. The minimum atomic E-state index is 0.310. The number of Topliss-reactive ketones (excluding diaryl/α,β-unsaturated/α-hetero) is 1. The SMILES string of the molecule is CCOCCn1ccc(C(=O)C2CC2)c1. The van der Waals surface area contributed by atoms with Gasteiger partial charge in [-0.3, -0.25) is 4.79 Å². The first kappa shape index (κ1) is 10.4. The van der Waals surface area contributed by atoms with Crippen LogP contribution in [0.2, 0.25) is 0 Å². The van der Waals surface area contributed by atoms with Crippen LogP contribution in [0.25, 0.3) is 0 Å². The van der Waals surface area contributed by atoms with Crippen LogP contribution in [0.3, 0.4) is 0 Å². The van der Waals surface area contributed by atoms with Crippen molar-refractivity contribution in [2.75, 3.05) is 13.2 Å². The van der Waals surface area contributed by atoms with E-state index >= 15 is 0 Å². The number of aromatic nitrogens is 1. The third-order valence-electron chi connectivity index (χ3n) is 2.68. The van der Waals surface area contributed by atoms with Crippen LogP contribution in [-0.4, -0.2) is 23.6 Å². The molecule has 1 saturated carbocycles. The summed E-state index contributed by atoms with van der Waals surface area (Å²) in [5.74, 6) is 0.623. The Hall–Kier alpha value is -1.09. The largest absolute Gasteiger partial charge is 0.380 e. The van der Waals surface area contributed by atoms with Gasteiger partial charge in [0, 0.05) is 37.0 Å². The molecule has 3 heteroatoms. The molecule has 1 aromatic heterocycles. The maximum Gasteiger partial charge on any atom is 0.167 e. The molecule has 1 aliphatic rings. The van der Waals surface area contributed by atoms with E-state index in [0.29, 0.717) is 18.3 Å². The predicted octanol–water partition coefficient (Wildman–Crippen LogP) is 2.12. The molecule has 0 aliphatic heterocycles. The number of rotatable bonds is 6. The van der Waals surface area contributed by atoms with Crippen LogP contribution in [0.1, 0.15) is 30.1 Å². The monoisotopic (exact) mass is 207 g/mol. The van der Waals surface area contributed by atoms with E-state index in [-0.39, 0.29) is 0 Å². The molecule has 0 radical (unpaired) electrons. The molecule has 0 saturated heterocycles. The maximum atomic E-state index is 11.7. The smallest absolute Gasteiger partial charge is 0.167 e. The predicted molar refractivity (Wildman–Crippen MR) is 58.0 cm³/mol. The van der Waals surface area contributed by atoms with Crippen molar-refractivity contribution in [1.29, 1.82) is 0 Å². The fourth-order valence-electron chi connectivity index (χ4n) is 1.62. The number of hydrogen-bond acceptors (Lipinski definition) is 2. The second-order valence-corrected chi connectivity index (χ2v) is 3.97. The average molecular weight is 207 g/mol. The Morgan fingerprint density at radius 2 is 2.40 bits per heavy atom. The zero-order chi connectivity index (χ0) is 10.7. The Balaban J connectivity index is 1.88. The van der Waals surface area contributed by atoms with Gasteiger partial charge in [0.15, 0.2) is 5.78 Å². The molecule has 0 bridgehead atoms. The van der Waals surface area contributed by atoms with Crippen molar-refractivity contribution in [2.45, 2.75) is 26.3 Å². The molecule has 1 heterocycles. The van der Waals surface area contributed by atoms with E-state index in [1.165, 1.54) is 0 Å². The van der Waals surface area contributed by atoms with Crippen molar-refractivity contribution in [3.63, 3.8) is 0 Å². The molecule has 0 atom stereocenters. The third-order valence-corrected chi connectivity index (χ3v) is 2.68. The molecule has 0 unspecified atom stereocenters. The fraction of sp³-hybridized carbons (Fsp3) is 0.583. The highest BCUT2D eigenvalue weighted by Crippen LogP contribution is 2.32. The second-order valence-electron chi connectivity index (χ2n) is 3.97. The number of carbonyl (C=O) groups is 1. The zero-order valence-electron chi connectivity index (χ0n) is 9.11. The summed E-state index contributed by atoms with van der Waals surface area (Å²) in [4.78, 5) is 11.7. The van der Waals surface area contributed by atoms with Crippen molar-refractivity contribution in [3.8, 4) is 0 Å². The minimum absolute atomic E-state index is 0.310. The molecule has 0 N–H and O–H groups in total. The fourth-order valence-corrected chi connectivity index (χ4v) is 1.62. The average Bonchev–Trinajstić information content (AvgIpc) is 2.98. The van der Waals surface area contributed by atoms with Crippen molar-refractivity contribution >= 4 is 5.78 Å². The summed E-state index contributed by atoms with van der Waals surface area (Å²) in [6, 6.07) is 1.91. The Kier molecular flexibility index (Phi) is 3.21. The van der Waals surface area contributed by atoms with Gasteiger partial charge in [0.25, 0.3) is 0 Å². The van der Waals surface area contributed by atoms with Crippen molar-refractivity contribution in [3.05, 3.63) is 24.0 Å². The van der Waals surface area contributed by atoms with Gasteiger partial charge in [-0.1, -0.05) is 0 Å². The Morgan fingerprint density at radius 1 is 1.60 bits per heavy atom. The van der Waals surface area contributed by atoms with Gasteiger partial charge in [0.1, 0.15) is 0 Å². The minimum Gasteiger partial charge on any atom is -0.380 e. The van der Waals surface area contributed by atoms with Crippen LogP contribution >= 0.6 is 0 Å². The van der Waals surface area contributed by atoms with Crippen molar-refractivity contribution in [2.24, 2.45) is 5.92 Å². The highest BCUT2D eigenvalue weighted by Gasteiger charge is 2.30. The molecule has 1 fully saturated rings. The third kappa shape index (κ3) is 2.69. The van der Waals surface area contributed by atoms with E-state index in [1.54, 1.807) is 0 Å². The first-order chi connectivity index (χ1) is 7.31. The first-order valence-corrected chi connectivity index (χ1v) is 5.59. The molecule has 0 spiro atoms. The first-order valence-electron chi connectivity index (χ1n) is 5.59.